The van der Waals surface area contributed by atoms with Gasteiger partial charge < -0.3 is 10.5 Å². The Kier molecular flexibility index (Phi) is 11.6. The molecule has 0 aromatic heterocycles. The number of aryl methyl sites for hydroxylation is 2. The maximum Gasteiger partial charge on any atom is 0.416 e. The summed E-state index contributed by atoms with van der Waals surface area (Å²) in [7, 11) is 1.22. The van der Waals surface area contributed by atoms with Gasteiger partial charge in [-0.2, -0.15) is 13.2 Å². The first-order valence-corrected chi connectivity index (χ1v) is 11.7. The van der Waals surface area contributed by atoms with E-state index in [1.54, 1.807) is 11.1 Å². The van der Waals surface area contributed by atoms with Crippen molar-refractivity contribution in [2.45, 2.75) is 54.1 Å². The molecule has 2 N–H and O–H groups in total. The Morgan fingerprint density at radius 3 is 2.08 bits per heavy atom. The van der Waals surface area contributed by atoms with Gasteiger partial charge >= 0.3 is 12.3 Å². The number of carbonyl (C=O) groups is 1. The van der Waals surface area contributed by atoms with E-state index in [2.05, 4.69) is 49.1 Å². The molecule has 0 heterocycles. The van der Waals surface area contributed by atoms with Crippen molar-refractivity contribution in [3.63, 3.8) is 0 Å². The summed E-state index contributed by atoms with van der Waals surface area (Å²) < 4.78 is 41.7. The van der Waals surface area contributed by atoms with Gasteiger partial charge in [0.05, 0.1) is 12.7 Å². The van der Waals surface area contributed by atoms with Crippen molar-refractivity contribution in [3.8, 4) is 11.1 Å². The van der Waals surface area contributed by atoms with Crippen molar-refractivity contribution in [2.24, 2.45) is 11.7 Å². The number of allylic oxidation sites excluding steroid dienone is 1. The second-order valence-corrected chi connectivity index (χ2v) is 9.16. The Labute approximate surface area is 219 Å². The third-order valence-corrected chi connectivity index (χ3v) is 5.93. The van der Waals surface area contributed by atoms with Crippen LogP contribution in [0.15, 0.2) is 67.2 Å². The Bertz CT molecular complexity index is 1200. The second-order valence-electron chi connectivity index (χ2n) is 9.16. The first-order valence-electron chi connectivity index (χ1n) is 11.7. The average molecular weight is 514 g/mol. The highest BCUT2D eigenvalue weighted by Crippen LogP contribution is 2.34. The zero-order valence-electron chi connectivity index (χ0n) is 21.5. The number of ether oxygens (including phenoxy) is 1. The molecular weight excluding hydrogens is 475 g/mol. The van der Waals surface area contributed by atoms with E-state index in [0.29, 0.717) is 0 Å². The fraction of sp³-hybridized carbons (Fsp3) is 0.323. The van der Waals surface area contributed by atoms with E-state index in [0.717, 1.165) is 45.9 Å². The number of carbonyl (C=O) groups excluding carboxylic acids is 1. The summed E-state index contributed by atoms with van der Waals surface area (Å²) in [5.74, 6) is 0.867. The van der Waals surface area contributed by atoms with Crippen LogP contribution in [-0.2, 0) is 23.8 Å². The van der Waals surface area contributed by atoms with E-state index in [4.69, 9.17) is 0 Å². The van der Waals surface area contributed by atoms with E-state index in [1.165, 1.54) is 37.6 Å². The number of benzene rings is 3. The van der Waals surface area contributed by atoms with E-state index in [1.807, 2.05) is 32.0 Å². The zero-order chi connectivity index (χ0) is 27.0. The van der Waals surface area contributed by atoms with Crippen LogP contribution < -0.4 is 5.73 Å². The minimum Gasteiger partial charge on any atom is -0.453 e. The maximum absolute atomic E-state index is 12.6. The van der Waals surface area contributed by atoms with Crippen LogP contribution in [0, 0.1) is 19.8 Å². The topological polar surface area (TPSA) is 52.3 Å². The zero-order valence-corrected chi connectivity index (χ0v) is 21.5. The standard InChI is InChI=1S/C17H15F3.C11H14.C2H5NO2.CH4/c1-11(2)15-6-4-5-12(3)16(15)13-7-9-14(10-8-13)17(18,19)20;1-8-3-4-10-6-9(2)7-11(10)5-8;1-5-2(3)4;/h4-10H,1H2,2-3H3;3-5,9H,6-7H2,1-2H3;1H3,(H2,3,4);1H4. The summed E-state index contributed by atoms with van der Waals surface area (Å²) in [5.41, 5.74) is 12.9. The molecule has 37 heavy (non-hydrogen) atoms. The van der Waals surface area contributed by atoms with E-state index >= 15 is 0 Å². The van der Waals surface area contributed by atoms with Gasteiger partial charge in [0, 0.05) is 0 Å². The summed E-state index contributed by atoms with van der Waals surface area (Å²) in [6, 6.07) is 17.9. The van der Waals surface area contributed by atoms with Crippen LogP contribution in [0.2, 0.25) is 0 Å². The Morgan fingerprint density at radius 1 is 1.00 bits per heavy atom. The molecule has 1 aliphatic carbocycles. The molecule has 6 heteroatoms. The highest BCUT2D eigenvalue weighted by molar-refractivity contribution is 5.82. The highest BCUT2D eigenvalue weighted by Gasteiger charge is 2.30. The molecule has 3 aromatic rings. The molecule has 1 aliphatic rings. The van der Waals surface area contributed by atoms with Gasteiger partial charge in [0.2, 0.25) is 0 Å². The molecule has 1 unspecified atom stereocenters. The molecule has 0 spiro atoms. The number of fused-ring (bicyclic) bond motifs is 1. The lowest BCUT2D eigenvalue weighted by atomic mass is 9.91. The Balaban J connectivity index is 0.000000337. The third-order valence-electron chi connectivity index (χ3n) is 5.93. The number of alkyl halides is 3. The van der Waals surface area contributed by atoms with E-state index < -0.39 is 17.8 Å². The summed E-state index contributed by atoms with van der Waals surface area (Å²) >= 11 is 0. The number of halogens is 3. The van der Waals surface area contributed by atoms with Crippen LogP contribution in [0.25, 0.3) is 16.7 Å². The molecule has 1 atom stereocenters. The lowest BCUT2D eigenvalue weighted by Crippen LogP contribution is -2.08. The molecule has 3 nitrogen and oxygen atoms in total. The van der Waals surface area contributed by atoms with E-state index in [-0.39, 0.29) is 7.43 Å². The summed E-state index contributed by atoms with van der Waals surface area (Å²) in [4.78, 5) is 9.37. The fourth-order valence-electron chi connectivity index (χ4n) is 4.20. The Morgan fingerprint density at radius 2 is 1.57 bits per heavy atom. The second kappa shape index (κ2) is 13.7. The predicted molar refractivity (Wildman–Crippen MR) is 147 cm³/mol. The normalized spacial score (nSPS) is 13.6. The van der Waals surface area contributed by atoms with Crippen LogP contribution in [-0.4, -0.2) is 13.2 Å². The lowest BCUT2D eigenvalue weighted by molar-refractivity contribution is -0.137. The number of methoxy groups -OCH3 is 1. The summed E-state index contributed by atoms with van der Waals surface area (Å²) in [5, 5.41) is 0. The number of primary amides is 1. The van der Waals surface area contributed by atoms with Crippen LogP contribution in [0.3, 0.4) is 0 Å². The quantitative estimate of drug-likeness (QED) is 0.372. The number of rotatable bonds is 2. The monoisotopic (exact) mass is 513 g/mol. The number of nitrogens with two attached hydrogens (primary N) is 1. The van der Waals surface area contributed by atoms with Crippen LogP contribution in [0.4, 0.5) is 18.0 Å². The summed E-state index contributed by atoms with van der Waals surface area (Å²) in [6.07, 6.45) is -2.47. The van der Waals surface area contributed by atoms with Gasteiger partial charge in [-0.1, -0.05) is 80.6 Å². The number of hydrogen-bond donors (Lipinski definition) is 1. The minimum atomic E-state index is -4.30. The first-order chi connectivity index (χ1) is 16.8. The predicted octanol–water partition coefficient (Wildman–Crippen LogP) is 8.79. The van der Waals surface area contributed by atoms with Gasteiger partial charge in [-0.15, -0.1) is 0 Å². The summed E-state index contributed by atoms with van der Waals surface area (Å²) in [6.45, 7) is 12.3. The smallest absolute Gasteiger partial charge is 0.416 e. The molecule has 0 fully saturated rings. The SMILES string of the molecule is C.C=C(C)c1cccc(C)c1-c1ccc(C(F)(F)F)cc1.COC(N)=O.Cc1ccc2c(c1)CC(C)C2. The molecular formula is C31H38F3NO2. The molecule has 0 aliphatic heterocycles. The average Bonchev–Trinajstić information content (AvgIpc) is 3.18. The molecule has 0 radical (unpaired) electrons. The number of amides is 1. The molecule has 200 valence electrons. The first kappa shape index (κ1) is 31.5. The van der Waals surface area contributed by atoms with Crippen molar-refractivity contribution in [1.82, 2.24) is 0 Å². The number of hydrogen-bond acceptors (Lipinski definition) is 2. The van der Waals surface area contributed by atoms with Gasteiger partial charge in [0.1, 0.15) is 0 Å². The van der Waals surface area contributed by atoms with Crippen LogP contribution in [0.1, 0.15) is 54.7 Å². The molecule has 4 rings (SSSR count). The van der Waals surface area contributed by atoms with Gasteiger partial charge in [-0.25, -0.2) is 4.79 Å². The van der Waals surface area contributed by atoms with Gasteiger partial charge in [0.15, 0.2) is 0 Å². The van der Waals surface area contributed by atoms with Gasteiger partial charge in [0.25, 0.3) is 0 Å². The third kappa shape index (κ3) is 9.12. The molecule has 1 amide bonds. The van der Waals surface area contributed by atoms with Crippen LogP contribution >= 0.6 is 0 Å². The van der Waals surface area contributed by atoms with Gasteiger partial charge in [-0.3, -0.25) is 0 Å². The van der Waals surface area contributed by atoms with Crippen molar-refractivity contribution in [2.75, 3.05) is 7.11 Å². The minimum absolute atomic E-state index is 0. The van der Waals surface area contributed by atoms with Crippen molar-refractivity contribution < 1.29 is 22.7 Å². The molecule has 0 saturated heterocycles. The maximum atomic E-state index is 12.6. The molecule has 0 saturated carbocycles. The van der Waals surface area contributed by atoms with Crippen molar-refractivity contribution in [1.29, 1.82) is 0 Å². The highest BCUT2D eigenvalue weighted by atomic mass is 19.4. The molecule has 3 aromatic carbocycles. The lowest BCUT2D eigenvalue weighted by Gasteiger charge is -2.14. The van der Waals surface area contributed by atoms with Crippen molar-refractivity contribution >= 4 is 11.7 Å². The van der Waals surface area contributed by atoms with Gasteiger partial charge in [-0.05, 0) is 85.0 Å². The fourth-order valence-corrected chi connectivity index (χ4v) is 4.20. The van der Waals surface area contributed by atoms with Crippen LogP contribution in [0.5, 0.6) is 0 Å². The Hall–Kier alpha value is -3.54. The molecule has 0 bridgehead atoms. The van der Waals surface area contributed by atoms with E-state index in [9.17, 15) is 18.0 Å². The van der Waals surface area contributed by atoms with Crippen molar-refractivity contribution in [3.05, 3.63) is 101 Å². The largest absolute Gasteiger partial charge is 0.453 e.